The second-order valence-electron chi connectivity index (χ2n) is 5.60. The zero-order valence-electron chi connectivity index (χ0n) is 14.6. The molecule has 0 radical (unpaired) electrons. The monoisotopic (exact) mass is 732 g/mol. The van der Waals surface area contributed by atoms with Gasteiger partial charge in [0.05, 0.1) is 36.8 Å². The van der Waals surface area contributed by atoms with Gasteiger partial charge in [0.2, 0.25) is 0 Å². The highest BCUT2D eigenvalue weighted by atomic mass is 79.9. The van der Waals surface area contributed by atoms with Crippen LogP contribution < -0.4 is 13.7 Å². The maximum absolute atomic E-state index is 6.29. The molecule has 0 fully saturated rings. The van der Waals surface area contributed by atoms with Crippen molar-refractivity contribution in [3.63, 3.8) is 0 Å². The number of benzene rings is 2. The number of ether oxygens (including phenoxy) is 2. The van der Waals surface area contributed by atoms with Crippen molar-refractivity contribution in [1.29, 1.82) is 0 Å². The minimum atomic E-state index is 0.151. The van der Waals surface area contributed by atoms with E-state index in [9.17, 15) is 0 Å². The Hall–Kier alpha value is 0.980. The molecule has 0 heterocycles. The average molecular weight is 737 g/mol. The number of hydrogen-bond donors (Lipinski definition) is 0. The fourth-order valence-corrected chi connectivity index (χ4v) is 4.00. The summed E-state index contributed by atoms with van der Waals surface area (Å²) < 4.78 is 17.1. The number of halogens is 7. The Labute approximate surface area is 223 Å². The summed E-state index contributed by atoms with van der Waals surface area (Å²) in [5.74, 6) is 1.54. The molecule has 0 aliphatic rings. The van der Waals surface area contributed by atoms with Gasteiger partial charge in [-0.05, 0) is 18.2 Å². The van der Waals surface area contributed by atoms with Gasteiger partial charge in [-0.3, -0.25) is 0 Å². The summed E-state index contributed by atoms with van der Waals surface area (Å²) in [7, 11) is 0. The third-order valence-electron chi connectivity index (χ3n) is 3.27. The van der Waals surface area contributed by atoms with Crippen molar-refractivity contribution in [1.82, 2.24) is 0 Å². The molecule has 0 bridgehead atoms. The number of rotatable bonds is 11. The van der Waals surface area contributed by atoms with Crippen molar-refractivity contribution < 1.29 is 13.7 Å². The summed E-state index contributed by atoms with van der Waals surface area (Å²) in [4.78, 5) is 1.17. The zero-order chi connectivity index (χ0) is 21.4. The van der Waals surface area contributed by atoms with Crippen LogP contribution in [0.25, 0.3) is 0 Å². The van der Waals surface area contributed by atoms with Gasteiger partial charge in [-0.15, -0.1) is 0 Å². The lowest BCUT2D eigenvalue weighted by Crippen LogP contribution is -2.12. The fourth-order valence-electron chi connectivity index (χ4n) is 1.91. The minimum absolute atomic E-state index is 0.151. The SMILES string of the molecule is Clc1cc(SOc2cc(Cl)c(OCC(Br)CBr)c(Cl)c2)ccc1OCC(Br)CBr. The summed E-state index contributed by atoms with van der Waals surface area (Å²) in [6, 6.07) is 8.75. The molecule has 2 unspecified atom stereocenters. The van der Waals surface area contributed by atoms with Crippen LogP contribution in [0.15, 0.2) is 35.2 Å². The molecule has 2 atom stereocenters. The summed E-state index contributed by atoms with van der Waals surface area (Å²) in [6.45, 7) is 0.933. The van der Waals surface area contributed by atoms with E-state index in [1.54, 1.807) is 24.3 Å². The van der Waals surface area contributed by atoms with E-state index in [1.807, 2.05) is 6.07 Å². The third kappa shape index (κ3) is 8.79. The molecule has 2 aromatic rings. The second-order valence-corrected chi connectivity index (χ2v) is 11.5. The Morgan fingerprint density at radius 3 is 1.97 bits per heavy atom. The molecule has 0 aliphatic carbocycles. The van der Waals surface area contributed by atoms with Crippen LogP contribution in [-0.4, -0.2) is 33.5 Å². The normalized spacial score (nSPS) is 13.1. The summed E-state index contributed by atoms with van der Waals surface area (Å²) in [6.07, 6.45) is 0. The Balaban J connectivity index is 1.98. The Bertz CT molecular complexity index is 793. The van der Waals surface area contributed by atoms with Crippen LogP contribution in [0.4, 0.5) is 0 Å². The third-order valence-corrected chi connectivity index (χ3v) is 9.33. The van der Waals surface area contributed by atoms with Gasteiger partial charge in [0.25, 0.3) is 0 Å². The van der Waals surface area contributed by atoms with Crippen LogP contribution >= 0.6 is 111 Å². The van der Waals surface area contributed by atoms with Crippen LogP contribution in [-0.2, 0) is 0 Å². The van der Waals surface area contributed by atoms with Gasteiger partial charge in [-0.25, -0.2) is 0 Å². The van der Waals surface area contributed by atoms with Crippen molar-refractivity contribution in [2.45, 2.75) is 14.5 Å². The van der Waals surface area contributed by atoms with Gasteiger partial charge >= 0.3 is 0 Å². The average Bonchev–Trinajstić information content (AvgIpc) is 2.70. The summed E-state index contributed by atoms with van der Waals surface area (Å²) >= 11 is 33.7. The molecule has 0 saturated carbocycles. The van der Waals surface area contributed by atoms with Crippen molar-refractivity contribution in [2.24, 2.45) is 0 Å². The van der Waals surface area contributed by atoms with Gasteiger partial charge < -0.3 is 13.7 Å². The lowest BCUT2D eigenvalue weighted by atomic mass is 10.3. The molecule has 11 heteroatoms. The van der Waals surface area contributed by atoms with Crippen LogP contribution in [0.2, 0.25) is 15.1 Å². The van der Waals surface area contributed by atoms with Crippen LogP contribution in [0, 0.1) is 0 Å². The standard InChI is InChI=1S/C18H15Br4Cl3O3S/c19-6-10(21)8-26-17-2-1-13(5-14(17)23)29-28-12-3-15(24)18(16(25)4-12)27-9-11(22)7-20/h1-5,10-11H,6-9H2. The van der Waals surface area contributed by atoms with E-state index in [4.69, 9.17) is 48.5 Å². The smallest absolute Gasteiger partial charge is 0.156 e. The molecule has 0 N–H and O–H groups in total. The lowest BCUT2D eigenvalue weighted by Gasteiger charge is -2.14. The molecule has 29 heavy (non-hydrogen) atoms. The minimum Gasteiger partial charge on any atom is -0.491 e. The molecule has 0 aliphatic heterocycles. The van der Waals surface area contributed by atoms with E-state index in [2.05, 4.69) is 63.7 Å². The first-order valence-corrected chi connectivity index (χ1v) is 14.1. The predicted octanol–water partition coefficient (Wildman–Crippen LogP) is 8.81. The lowest BCUT2D eigenvalue weighted by molar-refractivity contribution is 0.325. The predicted molar refractivity (Wildman–Crippen MR) is 138 cm³/mol. The molecule has 0 spiro atoms. The highest BCUT2D eigenvalue weighted by molar-refractivity contribution is 9.12. The van der Waals surface area contributed by atoms with Gasteiger partial charge in [0.15, 0.2) is 5.75 Å². The fraction of sp³-hybridized carbons (Fsp3) is 0.333. The maximum Gasteiger partial charge on any atom is 0.156 e. The van der Waals surface area contributed by atoms with Crippen LogP contribution in [0.3, 0.4) is 0 Å². The summed E-state index contributed by atoms with van der Waals surface area (Å²) in [5, 5.41) is 2.79. The van der Waals surface area contributed by atoms with Crippen molar-refractivity contribution in [2.75, 3.05) is 23.9 Å². The highest BCUT2D eigenvalue weighted by Crippen LogP contribution is 2.39. The van der Waals surface area contributed by atoms with E-state index in [0.29, 0.717) is 45.5 Å². The Kier molecular flexibility index (Phi) is 12.2. The van der Waals surface area contributed by atoms with Gasteiger partial charge in [-0.2, -0.15) is 0 Å². The van der Waals surface area contributed by atoms with E-state index < -0.39 is 0 Å². The van der Waals surface area contributed by atoms with Gasteiger partial charge in [0.1, 0.15) is 24.7 Å². The second kappa shape index (κ2) is 13.5. The number of hydrogen-bond acceptors (Lipinski definition) is 4. The quantitative estimate of drug-likeness (QED) is 0.170. The van der Waals surface area contributed by atoms with Gasteiger partial charge in [-0.1, -0.05) is 98.5 Å². The zero-order valence-corrected chi connectivity index (χ0v) is 24.1. The molecule has 160 valence electrons. The molecule has 3 nitrogen and oxygen atoms in total. The Morgan fingerprint density at radius 1 is 0.828 bits per heavy atom. The Morgan fingerprint density at radius 2 is 1.41 bits per heavy atom. The summed E-state index contributed by atoms with van der Waals surface area (Å²) in [5.41, 5.74) is 0. The van der Waals surface area contributed by atoms with Crippen molar-refractivity contribution in [3.05, 3.63) is 45.4 Å². The highest BCUT2D eigenvalue weighted by Gasteiger charge is 2.14. The molecular weight excluding hydrogens is 722 g/mol. The van der Waals surface area contributed by atoms with Crippen LogP contribution in [0.1, 0.15) is 0 Å². The molecule has 2 rings (SSSR count). The van der Waals surface area contributed by atoms with E-state index in [-0.39, 0.29) is 9.65 Å². The van der Waals surface area contributed by atoms with E-state index in [0.717, 1.165) is 27.6 Å². The maximum atomic E-state index is 6.29. The first kappa shape index (κ1) is 26.2. The molecule has 0 amide bonds. The molecule has 0 saturated heterocycles. The van der Waals surface area contributed by atoms with Crippen LogP contribution in [0.5, 0.6) is 17.2 Å². The van der Waals surface area contributed by atoms with E-state index in [1.165, 1.54) is 0 Å². The topological polar surface area (TPSA) is 27.7 Å². The largest absolute Gasteiger partial charge is 0.491 e. The van der Waals surface area contributed by atoms with Crippen molar-refractivity contribution >= 4 is 111 Å². The van der Waals surface area contributed by atoms with Gasteiger partial charge in [0, 0.05) is 27.7 Å². The number of alkyl halides is 4. The van der Waals surface area contributed by atoms with E-state index >= 15 is 0 Å². The van der Waals surface area contributed by atoms with Crippen molar-refractivity contribution in [3.8, 4) is 17.2 Å². The first-order valence-electron chi connectivity index (χ1n) is 8.12. The molecule has 0 aromatic heterocycles. The molecule has 2 aromatic carbocycles. The first-order chi connectivity index (χ1) is 13.8. The molecular formula is C18H15Br4Cl3O3S.